The van der Waals surface area contributed by atoms with Gasteiger partial charge < -0.3 is 0 Å². The first-order valence-corrected chi connectivity index (χ1v) is 5.50. The van der Waals surface area contributed by atoms with Gasteiger partial charge in [0.1, 0.15) is 6.54 Å². The van der Waals surface area contributed by atoms with Crippen molar-refractivity contribution in [2.24, 2.45) is 5.84 Å². The minimum absolute atomic E-state index is 0.0130. The van der Waals surface area contributed by atoms with E-state index in [0.717, 1.165) is 11.3 Å². The monoisotopic (exact) mass is 233 g/mol. The molecule has 0 aromatic heterocycles. The van der Waals surface area contributed by atoms with E-state index >= 15 is 0 Å². The first-order chi connectivity index (χ1) is 8.02. The summed E-state index contributed by atoms with van der Waals surface area (Å²) < 4.78 is 0. The lowest BCUT2D eigenvalue weighted by molar-refractivity contribution is -0.125. The number of anilines is 1. The Kier molecular flexibility index (Phi) is 2.85. The summed E-state index contributed by atoms with van der Waals surface area (Å²) in [6, 6.07) is 7.08. The number of nitrogens with two attached hydrogens (primary N) is 1. The Bertz CT molecular complexity index is 471. The van der Waals surface area contributed by atoms with E-state index in [9.17, 15) is 9.59 Å². The zero-order valence-corrected chi connectivity index (χ0v) is 9.88. The molecule has 1 heterocycles. The standard InChI is InChI=1S/C12H15N3O2/c1-8(2)9-5-3-4-6-10(9)14-7-11(16)15(13)12(14)17/h3-6,8H,7,13H2,1-2H3. The lowest BCUT2D eigenvalue weighted by Gasteiger charge is -2.20. The largest absolute Gasteiger partial charge is 0.346 e. The van der Waals surface area contributed by atoms with Crippen molar-refractivity contribution >= 4 is 17.6 Å². The van der Waals surface area contributed by atoms with Crippen LogP contribution in [0.2, 0.25) is 0 Å². The molecule has 1 fully saturated rings. The highest BCUT2D eigenvalue weighted by Crippen LogP contribution is 2.29. The smallest absolute Gasteiger partial charge is 0.283 e. The number of amides is 3. The van der Waals surface area contributed by atoms with Crippen molar-refractivity contribution in [1.29, 1.82) is 0 Å². The zero-order valence-electron chi connectivity index (χ0n) is 9.88. The maximum atomic E-state index is 11.8. The minimum Gasteiger partial charge on any atom is -0.283 e. The molecule has 0 saturated carbocycles. The van der Waals surface area contributed by atoms with E-state index in [0.29, 0.717) is 5.01 Å². The van der Waals surface area contributed by atoms with Gasteiger partial charge in [-0.25, -0.2) is 10.6 Å². The molecule has 0 spiro atoms. The van der Waals surface area contributed by atoms with Gasteiger partial charge >= 0.3 is 6.03 Å². The molecular formula is C12H15N3O2. The van der Waals surface area contributed by atoms with Gasteiger partial charge in [-0.15, -0.1) is 0 Å². The predicted octanol–water partition coefficient (Wildman–Crippen LogP) is 1.45. The zero-order chi connectivity index (χ0) is 12.6. The van der Waals surface area contributed by atoms with Crippen molar-refractivity contribution in [3.05, 3.63) is 29.8 Å². The van der Waals surface area contributed by atoms with Gasteiger partial charge in [0.15, 0.2) is 0 Å². The normalized spacial score (nSPS) is 16.2. The molecule has 90 valence electrons. The molecule has 1 aliphatic rings. The van der Waals surface area contributed by atoms with Crippen LogP contribution in [0.3, 0.4) is 0 Å². The maximum absolute atomic E-state index is 11.8. The molecule has 2 rings (SSSR count). The Morgan fingerprint density at radius 1 is 1.24 bits per heavy atom. The third kappa shape index (κ3) is 1.89. The van der Waals surface area contributed by atoms with Crippen LogP contribution in [0, 0.1) is 0 Å². The molecule has 1 aliphatic heterocycles. The fourth-order valence-corrected chi connectivity index (χ4v) is 1.93. The van der Waals surface area contributed by atoms with Gasteiger partial charge in [-0.05, 0) is 17.5 Å². The number of hydrazine groups is 1. The minimum atomic E-state index is -0.469. The molecule has 0 unspecified atom stereocenters. The molecular weight excluding hydrogens is 218 g/mol. The second-order valence-electron chi connectivity index (χ2n) is 4.35. The van der Waals surface area contributed by atoms with Gasteiger partial charge in [0.25, 0.3) is 5.91 Å². The predicted molar refractivity (Wildman–Crippen MR) is 64.3 cm³/mol. The molecule has 5 heteroatoms. The van der Waals surface area contributed by atoms with Crippen LogP contribution in [0.25, 0.3) is 0 Å². The highest BCUT2D eigenvalue weighted by atomic mass is 16.2. The molecule has 5 nitrogen and oxygen atoms in total. The number of imide groups is 1. The average Bonchev–Trinajstić information content (AvgIpc) is 2.57. The number of urea groups is 1. The Hall–Kier alpha value is -1.88. The van der Waals surface area contributed by atoms with Crippen LogP contribution in [-0.2, 0) is 4.79 Å². The molecule has 1 aromatic carbocycles. The summed E-state index contributed by atoms with van der Waals surface area (Å²) in [7, 11) is 0. The van der Waals surface area contributed by atoms with Crippen LogP contribution >= 0.6 is 0 Å². The lowest BCUT2D eigenvalue weighted by Crippen LogP contribution is -2.38. The van der Waals surface area contributed by atoms with Crippen molar-refractivity contribution in [3.8, 4) is 0 Å². The Morgan fingerprint density at radius 3 is 2.41 bits per heavy atom. The van der Waals surface area contributed by atoms with Crippen molar-refractivity contribution in [2.45, 2.75) is 19.8 Å². The van der Waals surface area contributed by atoms with Crippen molar-refractivity contribution in [1.82, 2.24) is 5.01 Å². The number of carbonyl (C=O) groups is 2. The molecule has 0 aliphatic carbocycles. The highest BCUT2D eigenvalue weighted by molar-refractivity contribution is 6.11. The number of carbonyl (C=O) groups excluding carboxylic acids is 2. The molecule has 17 heavy (non-hydrogen) atoms. The fourth-order valence-electron chi connectivity index (χ4n) is 1.93. The first-order valence-electron chi connectivity index (χ1n) is 5.50. The van der Waals surface area contributed by atoms with Crippen molar-refractivity contribution in [3.63, 3.8) is 0 Å². The molecule has 1 saturated heterocycles. The molecule has 0 bridgehead atoms. The van der Waals surface area contributed by atoms with Gasteiger partial charge in [-0.3, -0.25) is 9.69 Å². The van der Waals surface area contributed by atoms with Crippen LogP contribution in [0.1, 0.15) is 25.3 Å². The van der Waals surface area contributed by atoms with Crippen molar-refractivity contribution < 1.29 is 9.59 Å². The quantitative estimate of drug-likeness (QED) is 0.477. The van der Waals surface area contributed by atoms with E-state index in [1.165, 1.54) is 4.90 Å². The molecule has 0 radical (unpaired) electrons. The van der Waals surface area contributed by atoms with Crippen molar-refractivity contribution in [2.75, 3.05) is 11.4 Å². The number of hydrogen-bond acceptors (Lipinski definition) is 3. The number of nitrogens with zero attached hydrogens (tertiary/aromatic N) is 2. The summed E-state index contributed by atoms with van der Waals surface area (Å²) >= 11 is 0. The topological polar surface area (TPSA) is 66.6 Å². The molecule has 0 atom stereocenters. The van der Waals surface area contributed by atoms with E-state index in [2.05, 4.69) is 0 Å². The van der Waals surface area contributed by atoms with Crippen LogP contribution in [0.5, 0.6) is 0 Å². The highest BCUT2D eigenvalue weighted by Gasteiger charge is 2.35. The molecule has 2 N–H and O–H groups in total. The van der Waals surface area contributed by atoms with E-state index in [4.69, 9.17) is 5.84 Å². The number of benzene rings is 1. The summed E-state index contributed by atoms with van der Waals surface area (Å²) in [6.07, 6.45) is 0. The van der Waals surface area contributed by atoms with E-state index in [-0.39, 0.29) is 18.4 Å². The summed E-state index contributed by atoms with van der Waals surface area (Å²) in [5.41, 5.74) is 1.79. The van der Waals surface area contributed by atoms with Crippen LogP contribution in [0.4, 0.5) is 10.5 Å². The van der Waals surface area contributed by atoms with Gasteiger partial charge in [-0.1, -0.05) is 32.0 Å². The Balaban J connectivity index is 2.42. The van der Waals surface area contributed by atoms with E-state index in [1.54, 1.807) is 0 Å². The second-order valence-corrected chi connectivity index (χ2v) is 4.35. The van der Waals surface area contributed by atoms with Crippen LogP contribution in [-0.4, -0.2) is 23.5 Å². The average molecular weight is 233 g/mol. The summed E-state index contributed by atoms with van der Waals surface area (Å²) in [5, 5.41) is 0.664. The van der Waals surface area contributed by atoms with Gasteiger partial charge in [0, 0.05) is 5.69 Å². The summed E-state index contributed by atoms with van der Waals surface area (Å²) in [4.78, 5) is 24.6. The van der Waals surface area contributed by atoms with Gasteiger partial charge in [-0.2, -0.15) is 5.01 Å². The number of hydrogen-bond donors (Lipinski definition) is 1. The SMILES string of the molecule is CC(C)c1ccccc1N1CC(=O)N(N)C1=O. The molecule has 3 amide bonds. The Labute approximate surface area is 99.8 Å². The maximum Gasteiger partial charge on any atom is 0.346 e. The number of rotatable bonds is 2. The van der Waals surface area contributed by atoms with Crippen LogP contribution in [0.15, 0.2) is 24.3 Å². The number of para-hydroxylation sites is 1. The Morgan fingerprint density at radius 2 is 1.88 bits per heavy atom. The third-order valence-electron chi connectivity index (χ3n) is 2.85. The first kappa shape index (κ1) is 11.6. The van der Waals surface area contributed by atoms with Gasteiger partial charge in [0.05, 0.1) is 0 Å². The van der Waals surface area contributed by atoms with E-state index < -0.39 is 6.03 Å². The van der Waals surface area contributed by atoms with E-state index in [1.807, 2.05) is 38.1 Å². The second kappa shape index (κ2) is 4.18. The van der Waals surface area contributed by atoms with Crippen LogP contribution < -0.4 is 10.7 Å². The third-order valence-corrected chi connectivity index (χ3v) is 2.85. The molecule has 1 aromatic rings. The summed E-state index contributed by atoms with van der Waals surface area (Å²) in [5.74, 6) is 5.27. The lowest BCUT2D eigenvalue weighted by atomic mass is 10.0. The van der Waals surface area contributed by atoms with Gasteiger partial charge in [0.2, 0.25) is 0 Å². The summed E-state index contributed by atoms with van der Waals surface area (Å²) in [6.45, 7) is 4.10. The fraction of sp³-hybridized carbons (Fsp3) is 0.333.